The zero-order valence-corrected chi connectivity index (χ0v) is 18.9. The van der Waals surface area contributed by atoms with Crippen LogP contribution in [0.3, 0.4) is 0 Å². The largest absolute Gasteiger partial charge is 0.477 e. The fraction of sp³-hybridized carbons (Fsp3) is 0.182. The SMILES string of the molecule is CNC(=O)c1cc(C(=O)O)n(C(C)c2ccnc3c2ccn3S(=O)(=O)c2ccc(C)cc2)n1. The summed E-state index contributed by atoms with van der Waals surface area (Å²) in [5, 5.41) is 16.7. The third-order valence-corrected chi connectivity index (χ3v) is 7.08. The number of aromatic carboxylic acids is 1. The number of nitrogens with zero attached hydrogens (tertiary/aromatic N) is 4. The number of benzene rings is 1. The van der Waals surface area contributed by atoms with Gasteiger partial charge in [-0.1, -0.05) is 17.7 Å². The van der Waals surface area contributed by atoms with Crippen LogP contribution in [-0.2, 0) is 10.0 Å². The van der Waals surface area contributed by atoms with Gasteiger partial charge in [-0.2, -0.15) is 5.10 Å². The van der Waals surface area contributed by atoms with E-state index in [-0.39, 0.29) is 21.9 Å². The molecule has 0 saturated heterocycles. The maximum Gasteiger partial charge on any atom is 0.354 e. The highest BCUT2D eigenvalue weighted by Crippen LogP contribution is 2.29. The predicted octanol–water partition coefficient (Wildman–Crippen LogP) is 2.45. The van der Waals surface area contributed by atoms with Crippen LogP contribution in [0, 0.1) is 6.92 Å². The van der Waals surface area contributed by atoms with Crippen molar-refractivity contribution in [2.45, 2.75) is 24.8 Å². The van der Waals surface area contributed by atoms with E-state index in [2.05, 4.69) is 15.4 Å². The van der Waals surface area contributed by atoms with Crippen LogP contribution < -0.4 is 5.32 Å². The molecule has 3 heterocycles. The van der Waals surface area contributed by atoms with E-state index >= 15 is 0 Å². The van der Waals surface area contributed by atoms with Crippen molar-refractivity contribution in [2.75, 3.05) is 7.05 Å². The summed E-state index contributed by atoms with van der Waals surface area (Å²) in [6.45, 7) is 3.58. The van der Waals surface area contributed by atoms with Crippen LogP contribution in [0.1, 0.15) is 45.1 Å². The van der Waals surface area contributed by atoms with Crippen LogP contribution in [0.15, 0.2) is 59.8 Å². The molecule has 33 heavy (non-hydrogen) atoms. The number of carbonyl (C=O) groups is 2. The normalized spacial score (nSPS) is 12.6. The van der Waals surface area contributed by atoms with Gasteiger partial charge >= 0.3 is 5.97 Å². The lowest BCUT2D eigenvalue weighted by molar-refractivity contribution is 0.0681. The van der Waals surface area contributed by atoms with E-state index in [1.165, 1.54) is 42.3 Å². The summed E-state index contributed by atoms with van der Waals surface area (Å²) < 4.78 is 28.7. The van der Waals surface area contributed by atoms with Crippen molar-refractivity contribution < 1.29 is 23.1 Å². The second kappa shape index (κ2) is 8.17. The van der Waals surface area contributed by atoms with Crippen molar-refractivity contribution in [1.29, 1.82) is 0 Å². The molecule has 0 aliphatic carbocycles. The Kier molecular flexibility index (Phi) is 5.50. The molecule has 3 aromatic heterocycles. The average molecular weight is 468 g/mol. The topological polar surface area (TPSA) is 136 Å². The third-order valence-electron chi connectivity index (χ3n) is 5.40. The van der Waals surface area contributed by atoms with Gasteiger partial charge in [0.2, 0.25) is 0 Å². The number of hydrogen-bond donors (Lipinski definition) is 2. The number of amides is 1. The second-order valence-electron chi connectivity index (χ2n) is 7.49. The number of carboxylic acid groups (broad SMARTS) is 1. The predicted molar refractivity (Wildman–Crippen MR) is 120 cm³/mol. The highest BCUT2D eigenvalue weighted by molar-refractivity contribution is 7.90. The molecule has 0 fully saturated rings. The summed E-state index contributed by atoms with van der Waals surface area (Å²) in [6.07, 6.45) is 2.87. The lowest BCUT2D eigenvalue weighted by Crippen LogP contribution is -2.19. The number of pyridine rings is 1. The number of rotatable bonds is 6. The molecule has 1 amide bonds. The molecule has 2 N–H and O–H groups in total. The van der Waals surface area contributed by atoms with Crippen molar-refractivity contribution in [3.8, 4) is 0 Å². The summed E-state index contributed by atoms with van der Waals surface area (Å²) in [7, 11) is -2.47. The molecule has 170 valence electrons. The van der Waals surface area contributed by atoms with E-state index in [9.17, 15) is 23.1 Å². The van der Waals surface area contributed by atoms with Gasteiger partial charge in [-0.05, 0) is 43.7 Å². The molecule has 1 unspecified atom stereocenters. The first-order valence-corrected chi connectivity index (χ1v) is 11.4. The number of carboxylic acids is 1. The first kappa shape index (κ1) is 22.2. The minimum Gasteiger partial charge on any atom is -0.477 e. The first-order valence-electron chi connectivity index (χ1n) is 9.98. The highest BCUT2D eigenvalue weighted by Gasteiger charge is 2.25. The van der Waals surface area contributed by atoms with Crippen molar-refractivity contribution in [1.82, 2.24) is 24.1 Å². The summed E-state index contributed by atoms with van der Waals surface area (Å²) in [4.78, 5) is 28.1. The van der Waals surface area contributed by atoms with E-state index in [0.29, 0.717) is 10.9 Å². The molecule has 0 aliphatic heterocycles. The maximum absolute atomic E-state index is 13.2. The van der Waals surface area contributed by atoms with Gasteiger partial charge in [-0.15, -0.1) is 0 Å². The molecular formula is C22H21N5O5S. The van der Waals surface area contributed by atoms with Crippen LogP contribution in [0.5, 0.6) is 0 Å². The first-order chi connectivity index (χ1) is 15.6. The van der Waals surface area contributed by atoms with E-state index < -0.39 is 27.9 Å². The zero-order valence-electron chi connectivity index (χ0n) is 18.1. The molecule has 4 rings (SSSR count). The van der Waals surface area contributed by atoms with Gasteiger partial charge in [-0.3, -0.25) is 9.48 Å². The molecule has 4 aromatic rings. The minimum atomic E-state index is -3.89. The van der Waals surface area contributed by atoms with Crippen molar-refractivity contribution in [3.63, 3.8) is 0 Å². The lowest BCUT2D eigenvalue weighted by Gasteiger charge is -2.16. The van der Waals surface area contributed by atoms with Crippen molar-refractivity contribution in [3.05, 3.63) is 77.4 Å². The van der Waals surface area contributed by atoms with Crippen LogP contribution in [0.25, 0.3) is 11.0 Å². The Morgan fingerprint density at radius 1 is 1.12 bits per heavy atom. The summed E-state index contributed by atoms with van der Waals surface area (Å²) in [5.74, 6) is -1.76. The van der Waals surface area contributed by atoms with Gasteiger partial charge in [0, 0.05) is 30.9 Å². The van der Waals surface area contributed by atoms with Gasteiger partial charge in [0.25, 0.3) is 15.9 Å². The Morgan fingerprint density at radius 2 is 1.82 bits per heavy atom. The number of hydrogen-bond acceptors (Lipinski definition) is 6. The quantitative estimate of drug-likeness (QED) is 0.444. The Balaban J connectivity index is 1.84. The monoisotopic (exact) mass is 467 g/mol. The van der Waals surface area contributed by atoms with Gasteiger partial charge in [0.1, 0.15) is 5.69 Å². The molecule has 10 nitrogen and oxygen atoms in total. The van der Waals surface area contributed by atoms with Crippen molar-refractivity contribution >= 4 is 32.9 Å². The summed E-state index contributed by atoms with van der Waals surface area (Å²) in [5.41, 5.74) is 1.54. The lowest BCUT2D eigenvalue weighted by atomic mass is 10.1. The van der Waals surface area contributed by atoms with E-state index in [4.69, 9.17) is 0 Å². The molecule has 1 atom stereocenters. The zero-order chi connectivity index (χ0) is 23.9. The highest BCUT2D eigenvalue weighted by atomic mass is 32.2. The van der Waals surface area contributed by atoms with E-state index in [1.54, 1.807) is 31.2 Å². The van der Waals surface area contributed by atoms with Crippen LogP contribution in [-0.4, -0.2) is 51.2 Å². The van der Waals surface area contributed by atoms with Gasteiger partial charge < -0.3 is 10.4 Å². The van der Waals surface area contributed by atoms with Crippen LogP contribution in [0.4, 0.5) is 0 Å². The van der Waals surface area contributed by atoms with Crippen LogP contribution in [0.2, 0.25) is 0 Å². The number of nitrogens with one attached hydrogen (secondary N) is 1. The average Bonchev–Trinajstić information content (AvgIpc) is 3.43. The molecule has 0 bridgehead atoms. The van der Waals surface area contributed by atoms with E-state index in [0.717, 1.165) is 9.54 Å². The molecule has 1 aromatic carbocycles. The number of aromatic nitrogens is 4. The number of fused-ring (bicyclic) bond motifs is 1. The standard InChI is InChI=1S/C22H21N5O5S/c1-13-4-6-15(7-5-13)33(31,32)26-11-9-17-16(8-10-24-20(17)26)14(2)27-19(22(29)30)12-18(25-27)21(28)23-3/h4-12,14H,1-3H3,(H,23,28)(H,29,30). The van der Waals surface area contributed by atoms with Gasteiger partial charge in [-0.25, -0.2) is 22.2 Å². The smallest absolute Gasteiger partial charge is 0.354 e. The molecule has 0 radical (unpaired) electrons. The van der Waals surface area contributed by atoms with Crippen molar-refractivity contribution in [2.24, 2.45) is 0 Å². The number of aryl methyl sites for hydroxylation is 1. The summed E-state index contributed by atoms with van der Waals surface area (Å²) >= 11 is 0. The molecule has 0 saturated carbocycles. The van der Waals surface area contributed by atoms with Gasteiger partial charge in [0.05, 0.1) is 10.9 Å². The fourth-order valence-electron chi connectivity index (χ4n) is 3.64. The Bertz CT molecular complexity index is 1490. The minimum absolute atomic E-state index is 0.0356. The Hall–Kier alpha value is -3.99. The molecule has 11 heteroatoms. The molecule has 0 aliphatic rings. The fourth-order valence-corrected chi connectivity index (χ4v) is 4.94. The van der Waals surface area contributed by atoms with Crippen LogP contribution >= 0.6 is 0 Å². The second-order valence-corrected chi connectivity index (χ2v) is 9.30. The molecular weight excluding hydrogens is 446 g/mol. The Labute approximate surface area is 189 Å². The summed E-state index contributed by atoms with van der Waals surface area (Å²) in [6, 6.07) is 10.4. The molecule has 0 spiro atoms. The Morgan fingerprint density at radius 3 is 2.45 bits per heavy atom. The maximum atomic E-state index is 13.2. The number of carbonyl (C=O) groups excluding carboxylic acids is 1. The van der Waals surface area contributed by atoms with Gasteiger partial charge in [0.15, 0.2) is 11.3 Å². The van der Waals surface area contributed by atoms with E-state index in [1.807, 2.05) is 6.92 Å². The third kappa shape index (κ3) is 3.76.